The number of methoxy groups -OCH3 is 1. The number of hydrogen-bond donors (Lipinski definition) is 1. The van der Waals surface area contributed by atoms with Gasteiger partial charge in [0.15, 0.2) is 11.6 Å². The van der Waals surface area contributed by atoms with Gasteiger partial charge in [0.2, 0.25) is 0 Å². The third-order valence-corrected chi connectivity index (χ3v) is 5.54. The van der Waals surface area contributed by atoms with E-state index in [2.05, 4.69) is 9.88 Å². The second-order valence-electron chi connectivity index (χ2n) is 7.15. The molecule has 1 fully saturated rings. The van der Waals surface area contributed by atoms with Gasteiger partial charge in [-0.05, 0) is 49.0 Å². The number of halogens is 1. The van der Waals surface area contributed by atoms with Crippen LogP contribution in [0.15, 0.2) is 48.3 Å². The van der Waals surface area contributed by atoms with E-state index in [1.807, 2.05) is 13.8 Å². The summed E-state index contributed by atoms with van der Waals surface area (Å²) in [6, 6.07) is 6.50. The van der Waals surface area contributed by atoms with Crippen molar-refractivity contribution in [1.29, 1.82) is 0 Å². The zero-order valence-electron chi connectivity index (χ0n) is 17.8. The van der Waals surface area contributed by atoms with E-state index in [1.165, 1.54) is 24.1 Å². The van der Waals surface area contributed by atoms with Crippen molar-refractivity contribution in [2.45, 2.75) is 19.9 Å². The fraction of sp³-hybridized carbons (Fsp3) is 0.348. The quantitative estimate of drug-likeness (QED) is 0.396. The van der Waals surface area contributed by atoms with Crippen molar-refractivity contribution < 1.29 is 23.8 Å². The number of carbonyl (C=O) groups is 2. The molecule has 0 bridgehead atoms. The zero-order valence-corrected chi connectivity index (χ0v) is 17.8. The normalized spacial score (nSPS) is 18.1. The largest absolute Gasteiger partial charge is 0.507 e. The molecule has 1 aliphatic rings. The Kier molecular flexibility index (Phi) is 7.02. The molecule has 7 nitrogen and oxygen atoms in total. The Morgan fingerprint density at radius 1 is 1.19 bits per heavy atom. The van der Waals surface area contributed by atoms with Crippen LogP contribution in [-0.4, -0.2) is 64.9 Å². The number of nitrogens with zero attached hydrogens (tertiary/aromatic N) is 3. The van der Waals surface area contributed by atoms with E-state index in [0.717, 1.165) is 19.2 Å². The number of likely N-dealkylation sites (N-methyl/N-ethyl adjacent to an activating group) is 1. The van der Waals surface area contributed by atoms with Crippen LogP contribution in [0.3, 0.4) is 0 Å². The van der Waals surface area contributed by atoms with Gasteiger partial charge in [0.1, 0.15) is 5.76 Å². The Morgan fingerprint density at radius 2 is 1.87 bits per heavy atom. The highest BCUT2D eigenvalue weighted by atomic mass is 19.1. The molecule has 0 spiro atoms. The van der Waals surface area contributed by atoms with Gasteiger partial charge in [0.25, 0.3) is 11.7 Å². The lowest BCUT2D eigenvalue weighted by molar-refractivity contribution is -0.140. The van der Waals surface area contributed by atoms with Crippen molar-refractivity contribution in [2.75, 3.05) is 33.3 Å². The third kappa shape index (κ3) is 4.44. The van der Waals surface area contributed by atoms with Crippen molar-refractivity contribution in [2.24, 2.45) is 0 Å². The van der Waals surface area contributed by atoms with Crippen molar-refractivity contribution in [1.82, 2.24) is 14.8 Å². The molecule has 8 heteroatoms. The van der Waals surface area contributed by atoms with Gasteiger partial charge in [0.05, 0.1) is 18.7 Å². The first-order valence-electron chi connectivity index (χ1n) is 10.2. The van der Waals surface area contributed by atoms with Crippen LogP contribution in [0.1, 0.15) is 31.0 Å². The predicted molar refractivity (Wildman–Crippen MR) is 114 cm³/mol. The Morgan fingerprint density at radius 3 is 2.45 bits per heavy atom. The van der Waals surface area contributed by atoms with Gasteiger partial charge in [-0.2, -0.15) is 0 Å². The Balaban J connectivity index is 2.08. The molecule has 1 saturated heterocycles. The van der Waals surface area contributed by atoms with Gasteiger partial charge in [-0.25, -0.2) is 4.39 Å². The lowest BCUT2D eigenvalue weighted by Gasteiger charge is -2.28. The van der Waals surface area contributed by atoms with Gasteiger partial charge >= 0.3 is 0 Å². The zero-order chi connectivity index (χ0) is 22.5. The summed E-state index contributed by atoms with van der Waals surface area (Å²) < 4.78 is 19.1. The molecule has 2 heterocycles. The van der Waals surface area contributed by atoms with Crippen molar-refractivity contribution in [3.8, 4) is 5.75 Å². The highest BCUT2D eigenvalue weighted by Crippen LogP contribution is 2.39. The first kappa shape index (κ1) is 22.4. The Hall–Kier alpha value is -3.26. The summed E-state index contributed by atoms with van der Waals surface area (Å²) >= 11 is 0. The van der Waals surface area contributed by atoms with Crippen molar-refractivity contribution >= 4 is 17.4 Å². The maximum atomic E-state index is 14.2. The second-order valence-corrected chi connectivity index (χ2v) is 7.15. The topological polar surface area (TPSA) is 83.0 Å². The molecular formula is C23H26FN3O4. The molecule has 0 radical (unpaired) electrons. The van der Waals surface area contributed by atoms with Crippen molar-refractivity contribution in [3.63, 3.8) is 0 Å². The maximum Gasteiger partial charge on any atom is 0.295 e. The molecule has 0 aliphatic carbocycles. The first-order chi connectivity index (χ1) is 14.9. The monoisotopic (exact) mass is 427 g/mol. The molecule has 1 aromatic heterocycles. The van der Waals surface area contributed by atoms with E-state index in [1.54, 1.807) is 24.5 Å². The molecule has 1 N–H and O–H groups in total. The lowest BCUT2D eigenvalue weighted by Crippen LogP contribution is -2.38. The molecule has 31 heavy (non-hydrogen) atoms. The van der Waals surface area contributed by atoms with E-state index < -0.39 is 29.3 Å². The molecule has 0 saturated carbocycles. The number of hydrogen-bond acceptors (Lipinski definition) is 6. The van der Waals surface area contributed by atoms with Crippen LogP contribution >= 0.6 is 0 Å². The van der Waals surface area contributed by atoms with Gasteiger partial charge < -0.3 is 19.6 Å². The number of amides is 1. The molecular weight excluding hydrogens is 401 g/mol. The van der Waals surface area contributed by atoms with E-state index in [-0.39, 0.29) is 16.9 Å². The smallest absolute Gasteiger partial charge is 0.295 e. The van der Waals surface area contributed by atoms with Crippen LogP contribution in [0.25, 0.3) is 5.76 Å². The minimum Gasteiger partial charge on any atom is -0.507 e. The van der Waals surface area contributed by atoms with E-state index in [4.69, 9.17) is 4.74 Å². The van der Waals surface area contributed by atoms with Crippen LogP contribution < -0.4 is 4.74 Å². The molecule has 2 aromatic rings. The van der Waals surface area contributed by atoms with Crippen LogP contribution in [0.4, 0.5) is 4.39 Å². The SMILES string of the molecule is CCN(CC)CCN1C(=O)C(=O)C(=C(O)c2ccc(OC)c(F)c2)[C@H]1c1ccncc1. The maximum absolute atomic E-state index is 14.2. The molecule has 3 rings (SSSR count). The Labute approximate surface area is 180 Å². The number of ether oxygens (including phenoxy) is 1. The average Bonchev–Trinajstić information content (AvgIpc) is 3.04. The minimum atomic E-state index is -0.796. The minimum absolute atomic E-state index is 0.0157. The number of carbonyl (C=O) groups excluding carboxylic acids is 2. The van der Waals surface area contributed by atoms with E-state index in [0.29, 0.717) is 18.7 Å². The number of benzene rings is 1. The van der Waals surface area contributed by atoms with Gasteiger partial charge in [-0.1, -0.05) is 13.8 Å². The number of rotatable bonds is 8. The molecule has 0 unspecified atom stereocenters. The van der Waals surface area contributed by atoms with Crippen molar-refractivity contribution in [3.05, 3.63) is 65.2 Å². The number of aliphatic hydroxyl groups excluding tert-OH is 1. The third-order valence-electron chi connectivity index (χ3n) is 5.54. The fourth-order valence-electron chi connectivity index (χ4n) is 3.76. The summed E-state index contributed by atoms with van der Waals surface area (Å²) in [4.78, 5) is 33.4. The molecule has 164 valence electrons. The highest BCUT2D eigenvalue weighted by Gasteiger charge is 2.46. The van der Waals surface area contributed by atoms with Crippen LogP contribution in [0.2, 0.25) is 0 Å². The number of ketones is 1. The second kappa shape index (κ2) is 9.70. The number of aliphatic hydroxyl groups is 1. The number of aromatic nitrogens is 1. The molecule has 1 amide bonds. The summed E-state index contributed by atoms with van der Waals surface area (Å²) in [5.74, 6) is -2.57. The number of likely N-dealkylation sites (tertiary alicyclic amines) is 1. The summed E-state index contributed by atoms with van der Waals surface area (Å²) in [5, 5.41) is 11.0. The van der Waals surface area contributed by atoms with Gasteiger partial charge in [-0.3, -0.25) is 14.6 Å². The van der Waals surface area contributed by atoms with Gasteiger partial charge in [0, 0.05) is 31.0 Å². The Bertz CT molecular complexity index is 990. The molecule has 1 aliphatic heterocycles. The van der Waals surface area contributed by atoms with E-state index in [9.17, 15) is 19.1 Å². The standard InChI is InChI=1S/C23H26FN3O4/c1-4-26(5-2)12-13-27-20(15-8-10-25-11-9-15)19(22(29)23(27)30)21(28)16-6-7-18(31-3)17(24)14-16/h6-11,14,20,28H,4-5,12-13H2,1-3H3/t20-/m1/s1. The van der Waals surface area contributed by atoms with Crippen LogP contribution in [0.5, 0.6) is 5.75 Å². The number of Topliss-reactive ketones (excluding diaryl/α,β-unsaturated/α-hetero) is 1. The van der Waals surface area contributed by atoms with Gasteiger partial charge in [-0.15, -0.1) is 0 Å². The summed E-state index contributed by atoms with van der Waals surface area (Å²) in [6.45, 7) is 6.56. The molecule has 1 aromatic carbocycles. The first-order valence-corrected chi connectivity index (χ1v) is 10.2. The predicted octanol–water partition coefficient (Wildman–Crippen LogP) is 2.99. The lowest BCUT2D eigenvalue weighted by atomic mass is 9.96. The average molecular weight is 427 g/mol. The summed E-state index contributed by atoms with van der Waals surface area (Å²) in [6.07, 6.45) is 3.12. The van der Waals surface area contributed by atoms with Crippen LogP contribution in [-0.2, 0) is 9.59 Å². The fourth-order valence-corrected chi connectivity index (χ4v) is 3.76. The summed E-state index contributed by atoms with van der Waals surface area (Å²) in [7, 11) is 1.34. The van der Waals surface area contributed by atoms with Crippen LogP contribution in [0, 0.1) is 5.82 Å². The number of pyridine rings is 1. The molecule has 1 atom stereocenters. The highest BCUT2D eigenvalue weighted by molar-refractivity contribution is 6.46. The summed E-state index contributed by atoms with van der Waals surface area (Å²) in [5.41, 5.74) is 0.670. The van der Waals surface area contributed by atoms with E-state index >= 15 is 0 Å².